The first-order valence-corrected chi connectivity index (χ1v) is 21.7. The number of hydrogen-bond donors (Lipinski definition) is 1. The summed E-state index contributed by atoms with van der Waals surface area (Å²) >= 11 is 0. The van der Waals surface area contributed by atoms with E-state index in [-0.39, 0.29) is 88.0 Å². The maximum atomic E-state index is 13.3. The molecule has 5 heteroatoms. The second kappa shape index (κ2) is 18.6. The summed E-state index contributed by atoms with van der Waals surface area (Å²) in [6.45, 7) is -14.2. The molecule has 0 bridgehead atoms. The van der Waals surface area contributed by atoms with Gasteiger partial charge < -0.3 is 5.11 Å². The fraction of sp³-hybridized carbons (Fsp3) is 0.344. The van der Waals surface area contributed by atoms with Crippen LogP contribution in [0.5, 0.6) is 5.75 Å². The minimum absolute atomic E-state index is 0. The van der Waals surface area contributed by atoms with Gasteiger partial charge in [-0.2, -0.15) is 0 Å². The van der Waals surface area contributed by atoms with Gasteiger partial charge >= 0.3 is 0 Å². The molecule has 2 aromatic heterocycles. The molecule has 0 atom stereocenters. The molecule has 0 spiro atoms. The van der Waals surface area contributed by atoms with Gasteiger partial charge in [0.1, 0.15) is 11.6 Å². The topological polar surface area (TPSA) is 50.9 Å². The molecule has 0 radical (unpaired) electrons. The number of rotatable bonds is 7. The van der Waals surface area contributed by atoms with E-state index in [0.717, 1.165) is 10.8 Å². The standard InChI is InChI=1S/C64H72N3O.Pt/c1-40-39-65-54(37-50(40)43-27-25-41(26-28-43)38-60(2,3)4)45-31-44(32-47(33-45)62(8,9)10)49-23-20-24-56-57(49)66-59(52-35-48(63(11,12)13)36-53(58(52)68)64(14,15)16)67(56)55-30-29-46(61(5,6)7)34-51(55)42-21-18-17-19-22-42;/h17-30,32-37,39,68H,38H2,1-16H3;/q-1;/i1D3,11D3,12D3,13D3,14D3,15D3,16D3,17D,18D,19D,21D,22D,27D,28D,35D,36D,38D2;. The second-order valence-corrected chi connectivity index (χ2v) is 20.0. The van der Waals surface area contributed by atoms with E-state index < -0.39 is 170 Å². The minimum atomic E-state index is -4.63. The van der Waals surface area contributed by atoms with Crippen LogP contribution in [-0.4, -0.2) is 19.6 Å². The number of phenolic OH excluding ortho intramolecular Hbond substituents is 1. The molecule has 0 amide bonds. The number of imidazole rings is 1. The average Bonchev–Trinajstić information content (AvgIpc) is 1.31. The third-order valence-corrected chi connectivity index (χ3v) is 11.2. The molecule has 0 unspecified atom stereocenters. The number of benzene rings is 6. The third kappa shape index (κ3) is 10.8. The molecule has 2 heterocycles. The minimum Gasteiger partial charge on any atom is -0.507 e. The van der Waals surface area contributed by atoms with Crippen LogP contribution in [0, 0.1) is 18.3 Å². The van der Waals surface area contributed by atoms with Crippen LogP contribution in [0.2, 0.25) is 0 Å². The molecule has 8 aromatic rings. The van der Waals surface area contributed by atoms with Crippen LogP contribution in [0.25, 0.3) is 72.7 Å². The molecule has 360 valence electrons. The van der Waals surface area contributed by atoms with Gasteiger partial charge in [-0.25, -0.2) is 4.98 Å². The Labute approximate surface area is 472 Å². The Morgan fingerprint density at radius 1 is 0.652 bits per heavy atom. The van der Waals surface area contributed by atoms with E-state index in [2.05, 4.69) is 11.1 Å². The van der Waals surface area contributed by atoms with Crippen LogP contribution in [0.3, 0.4) is 0 Å². The van der Waals surface area contributed by atoms with Gasteiger partial charge in [-0.3, -0.25) is 9.55 Å². The summed E-state index contributed by atoms with van der Waals surface area (Å²) in [6.07, 6.45) is -1.04. The smallest absolute Gasteiger partial charge is 0.148 e. The molecular formula is C64H72N3OPt-. The van der Waals surface area contributed by atoms with E-state index in [1.54, 1.807) is 53.7 Å². The molecule has 0 fully saturated rings. The molecule has 1 N–H and O–H groups in total. The summed E-state index contributed by atoms with van der Waals surface area (Å²) in [5, 5.41) is 13.3. The number of aromatic hydroxyl groups is 1. The number of fused-ring (bicyclic) bond motifs is 1. The summed E-state index contributed by atoms with van der Waals surface area (Å²) in [6, 6.07) is 9.97. The van der Waals surface area contributed by atoms with Gasteiger partial charge in [0.15, 0.2) is 0 Å². The second-order valence-electron chi connectivity index (χ2n) is 20.0. The normalized spacial score (nSPS) is 20.9. The van der Waals surface area contributed by atoms with Crippen molar-refractivity contribution in [3.05, 3.63) is 167 Å². The fourth-order valence-corrected chi connectivity index (χ4v) is 7.80. The Kier molecular flexibility index (Phi) is 6.49. The Morgan fingerprint density at radius 2 is 1.32 bits per heavy atom. The Bertz CT molecular complexity index is 4400. The van der Waals surface area contributed by atoms with Crippen molar-refractivity contribution >= 4 is 11.0 Å². The Morgan fingerprint density at radius 3 is 1.96 bits per heavy atom. The Hall–Kier alpha value is -5.57. The molecule has 0 saturated heterocycles. The van der Waals surface area contributed by atoms with Crippen LogP contribution in [-0.2, 0) is 49.1 Å². The van der Waals surface area contributed by atoms with Gasteiger partial charge in [0.2, 0.25) is 0 Å². The maximum Gasteiger partial charge on any atom is 0.148 e. The molecule has 4 nitrogen and oxygen atoms in total. The molecule has 0 aliphatic rings. The van der Waals surface area contributed by atoms with Crippen molar-refractivity contribution in [3.8, 4) is 67.5 Å². The molecular weight excluding hydrogens is 1020 g/mol. The van der Waals surface area contributed by atoms with E-state index in [1.165, 1.54) is 54.6 Å². The van der Waals surface area contributed by atoms with E-state index in [0.29, 0.717) is 11.1 Å². The molecule has 69 heavy (non-hydrogen) atoms. The van der Waals surface area contributed by atoms with Gasteiger partial charge in [-0.15, -0.1) is 29.3 Å². The van der Waals surface area contributed by atoms with E-state index >= 15 is 0 Å². The zero-order valence-electron chi connectivity index (χ0n) is 71.5. The monoisotopic (exact) mass is 1130 g/mol. The van der Waals surface area contributed by atoms with Gasteiger partial charge in [-0.05, 0) is 103 Å². The van der Waals surface area contributed by atoms with Crippen molar-refractivity contribution in [3.63, 3.8) is 0 Å². The van der Waals surface area contributed by atoms with Crippen molar-refractivity contribution in [1.29, 1.82) is 0 Å². The van der Waals surface area contributed by atoms with Crippen LogP contribution in [0.15, 0.2) is 127 Å². The van der Waals surface area contributed by atoms with Crippen molar-refractivity contribution in [2.24, 2.45) is 5.41 Å². The molecule has 8 rings (SSSR count). The number of hydrogen-bond acceptors (Lipinski definition) is 3. The quantitative estimate of drug-likeness (QED) is 0.162. The number of aryl methyl sites for hydroxylation is 1. The number of pyridine rings is 1. The predicted octanol–water partition coefficient (Wildman–Crippen LogP) is 17.3. The van der Waals surface area contributed by atoms with E-state index in [1.807, 2.05) is 20.8 Å². The molecule has 0 aliphatic carbocycles. The van der Waals surface area contributed by atoms with Gasteiger partial charge in [0.25, 0.3) is 0 Å². The van der Waals surface area contributed by atoms with Crippen LogP contribution in [0.1, 0.15) is 181 Å². The SMILES string of the molecule is [2H]c1cc(C([2H])([2H])C(C)(C)C)cc([2H])c1-c1cc(-c2[c-]c(-c3cccc4c3nc(-c3c([2H])c(C(C([2H])([2H])[2H])(C([2H])([2H])[2H])C([2H])([2H])[2H])c([2H])c(C(C([2H])([2H])[2H])(C([2H])([2H])[2H])C([2H])([2H])[2H])c3O)n4-c3ccc(C(C)(C)C)cc3-c3c([2H])c([2H])c([2H])c([2H])c3[2H])cc(C(C)(C)C)c2)ncc1C([2H])([2H])[2H].[Pt]. The summed E-state index contributed by atoms with van der Waals surface area (Å²) in [5.74, 6) is -2.96. The van der Waals surface area contributed by atoms with Crippen LogP contribution in [0.4, 0.5) is 0 Å². The van der Waals surface area contributed by atoms with E-state index in [4.69, 9.17) is 40.6 Å². The van der Waals surface area contributed by atoms with Crippen molar-refractivity contribution in [1.82, 2.24) is 14.5 Å². The summed E-state index contributed by atoms with van der Waals surface area (Å²) in [7, 11) is 0. The van der Waals surface area contributed by atoms with Crippen LogP contribution >= 0.6 is 0 Å². The van der Waals surface area contributed by atoms with Gasteiger partial charge in [0, 0.05) is 75.6 Å². The summed E-state index contributed by atoms with van der Waals surface area (Å²) < 4.78 is 287. The number of para-hydroxylation sites is 1. The number of aromatic nitrogens is 3. The van der Waals surface area contributed by atoms with Gasteiger partial charge in [-0.1, -0.05) is 199 Å². The summed E-state index contributed by atoms with van der Waals surface area (Å²) in [4.78, 5) is 9.55. The first-order chi connectivity index (χ1) is 44.9. The van der Waals surface area contributed by atoms with Crippen LogP contribution < -0.4 is 0 Å². The van der Waals surface area contributed by atoms with Gasteiger partial charge in [0.05, 0.1) is 34.6 Å². The number of phenols is 1. The average molecular weight is 1130 g/mol. The zero-order valence-corrected chi connectivity index (χ0v) is 41.8. The van der Waals surface area contributed by atoms with E-state index in [9.17, 15) is 13.3 Å². The van der Waals surface area contributed by atoms with Crippen molar-refractivity contribution < 1.29 is 70.0 Å². The first kappa shape index (κ1) is 24.0. The largest absolute Gasteiger partial charge is 0.507 e. The predicted molar refractivity (Wildman–Crippen MR) is 289 cm³/mol. The number of nitrogens with zero attached hydrogens (tertiary/aromatic N) is 3. The molecule has 0 saturated carbocycles. The van der Waals surface area contributed by atoms with Crippen molar-refractivity contribution in [2.45, 2.75) is 138 Å². The third-order valence-electron chi connectivity index (χ3n) is 11.2. The van der Waals surface area contributed by atoms with Crippen molar-refractivity contribution in [2.75, 3.05) is 0 Å². The summed E-state index contributed by atoms with van der Waals surface area (Å²) in [5.41, 5.74) is -18.9. The zero-order chi connectivity index (χ0) is 76.4. The molecule has 6 aromatic carbocycles. The fourth-order valence-electron chi connectivity index (χ4n) is 7.80. The first-order valence-electron chi connectivity index (χ1n) is 37.7. The Balaban J connectivity index is 0.0000143. The molecule has 0 aliphatic heterocycles. The maximum absolute atomic E-state index is 13.3.